The average Bonchev–Trinajstić information content (AvgIpc) is 3.07. The molecule has 1 aromatic heterocycles. The molecule has 1 aliphatic carbocycles. The summed E-state index contributed by atoms with van der Waals surface area (Å²) in [5.41, 5.74) is 4.24. The Morgan fingerprint density at radius 3 is 2.76 bits per heavy atom. The van der Waals surface area contributed by atoms with Gasteiger partial charge < -0.3 is 0 Å². The molecule has 4 rings (SSSR count). The topological polar surface area (TPSA) is 58.6 Å². The lowest BCUT2D eigenvalue weighted by Crippen LogP contribution is -2.12. The van der Waals surface area contributed by atoms with Crippen LogP contribution in [0, 0.1) is 11.7 Å². The molecule has 1 aliphatic rings. The van der Waals surface area contributed by atoms with Gasteiger partial charge in [0.25, 0.3) is 0 Å². The number of H-pyrrole nitrogens is 1. The zero-order valence-corrected chi connectivity index (χ0v) is 11.1. The third-order valence-electron chi connectivity index (χ3n) is 4.08. The Kier molecular flexibility index (Phi) is 2.60. The Hall–Kier alpha value is -2.56. The van der Waals surface area contributed by atoms with Crippen molar-refractivity contribution in [1.82, 2.24) is 15.4 Å². The van der Waals surface area contributed by atoms with E-state index < -0.39 is 0 Å². The van der Waals surface area contributed by atoms with Gasteiger partial charge in [-0.15, -0.1) is 0 Å². The maximum Gasteiger partial charge on any atom is 0.166 e. The molecule has 21 heavy (non-hydrogen) atoms. The Labute approximate surface area is 120 Å². The normalized spacial score (nSPS) is 17.4. The fraction of sp³-hybridized carbons (Fsp3) is 0.188. The highest BCUT2D eigenvalue weighted by Crippen LogP contribution is 2.33. The van der Waals surface area contributed by atoms with Crippen LogP contribution < -0.4 is 0 Å². The number of hydrogen-bond acceptors (Lipinski definition) is 3. The van der Waals surface area contributed by atoms with E-state index in [0.717, 1.165) is 27.7 Å². The number of nitrogens with one attached hydrogen (secondary N) is 1. The fourth-order valence-corrected chi connectivity index (χ4v) is 3.03. The number of carbonyl (C=O) groups is 1. The van der Waals surface area contributed by atoms with Crippen molar-refractivity contribution in [3.63, 3.8) is 0 Å². The lowest BCUT2D eigenvalue weighted by molar-refractivity contribution is 0.0936. The standard InChI is InChI=1S/C16H12FN3O/c17-11-3-1-9(2-4-11)7-10-8-13-12(16(10)21)5-6-14-15(13)19-20-18-14/h1-6,10H,7-8H2,(H,18,19,20). The van der Waals surface area contributed by atoms with Crippen LogP contribution in [-0.2, 0) is 12.8 Å². The summed E-state index contributed by atoms with van der Waals surface area (Å²) in [5.74, 6) is -0.226. The van der Waals surface area contributed by atoms with Gasteiger partial charge in [-0.05, 0) is 48.2 Å². The van der Waals surface area contributed by atoms with Gasteiger partial charge in [-0.1, -0.05) is 12.1 Å². The van der Waals surface area contributed by atoms with Crippen molar-refractivity contribution < 1.29 is 9.18 Å². The van der Waals surface area contributed by atoms with Crippen LogP contribution in [0.25, 0.3) is 11.0 Å². The first-order valence-electron chi connectivity index (χ1n) is 6.83. The van der Waals surface area contributed by atoms with E-state index in [2.05, 4.69) is 15.4 Å². The van der Waals surface area contributed by atoms with Gasteiger partial charge in [-0.25, -0.2) is 4.39 Å². The van der Waals surface area contributed by atoms with Crippen LogP contribution in [0.4, 0.5) is 4.39 Å². The van der Waals surface area contributed by atoms with E-state index in [0.29, 0.717) is 12.8 Å². The number of carbonyl (C=O) groups excluding carboxylic acids is 1. The molecule has 0 saturated heterocycles. The average molecular weight is 281 g/mol. The lowest BCUT2D eigenvalue weighted by Gasteiger charge is -2.07. The molecule has 5 heteroatoms. The summed E-state index contributed by atoms with van der Waals surface area (Å²) in [7, 11) is 0. The third kappa shape index (κ3) is 1.93. The van der Waals surface area contributed by atoms with E-state index in [1.54, 1.807) is 12.1 Å². The molecule has 1 unspecified atom stereocenters. The minimum absolute atomic E-state index is 0.104. The maximum absolute atomic E-state index is 12.9. The van der Waals surface area contributed by atoms with Gasteiger partial charge in [0.2, 0.25) is 0 Å². The molecule has 0 bridgehead atoms. The highest BCUT2D eigenvalue weighted by Gasteiger charge is 2.32. The molecule has 0 amide bonds. The van der Waals surface area contributed by atoms with Gasteiger partial charge in [-0.3, -0.25) is 4.79 Å². The number of nitrogens with zero attached hydrogens (tertiary/aromatic N) is 2. The SMILES string of the molecule is O=C1c2ccc3n[nH]nc3c2CC1Cc1ccc(F)cc1. The molecule has 0 saturated carbocycles. The van der Waals surface area contributed by atoms with Crippen molar-refractivity contribution in [3.05, 3.63) is 58.9 Å². The summed E-state index contributed by atoms with van der Waals surface area (Å²) < 4.78 is 12.9. The van der Waals surface area contributed by atoms with E-state index in [9.17, 15) is 9.18 Å². The monoisotopic (exact) mass is 281 g/mol. The number of halogens is 1. The molecule has 1 N–H and O–H groups in total. The number of fused-ring (bicyclic) bond motifs is 3. The molecular formula is C16H12FN3O. The fourth-order valence-electron chi connectivity index (χ4n) is 3.03. The molecule has 3 aromatic rings. The summed E-state index contributed by atoms with van der Waals surface area (Å²) in [6.45, 7) is 0. The van der Waals surface area contributed by atoms with Crippen molar-refractivity contribution in [1.29, 1.82) is 0 Å². The molecule has 0 aliphatic heterocycles. The van der Waals surface area contributed by atoms with Crippen molar-refractivity contribution in [2.24, 2.45) is 5.92 Å². The zero-order valence-electron chi connectivity index (χ0n) is 11.1. The van der Waals surface area contributed by atoms with E-state index >= 15 is 0 Å². The summed E-state index contributed by atoms with van der Waals surface area (Å²) in [6.07, 6.45) is 1.28. The van der Waals surface area contributed by atoms with Crippen LogP contribution in [0.5, 0.6) is 0 Å². The number of rotatable bonds is 2. The van der Waals surface area contributed by atoms with Crippen molar-refractivity contribution >= 4 is 16.8 Å². The molecule has 104 valence electrons. The van der Waals surface area contributed by atoms with Crippen molar-refractivity contribution in [2.75, 3.05) is 0 Å². The number of hydrogen-bond donors (Lipinski definition) is 1. The van der Waals surface area contributed by atoms with Gasteiger partial charge in [0, 0.05) is 11.5 Å². The number of aromatic nitrogens is 3. The highest BCUT2D eigenvalue weighted by molar-refractivity contribution is 6.06. The molecule has 4 nitrogen and oxygen atoms in total. The Morgan fingerprint density at radius 1 is 1.14 bits per heavy atom. The van der Waals surface area contributed by atoms with E-state index in [1.807, 2.05) is 12.1 Å². The van der Waals surface area contributed by atoms with E-state index in [4.69, 9.17) is 0 Å². The maximum atomic E-state index is 12.9. The Morgan fingerprint density at radius 2 is 1.95 bits per heavy atom. The number of Topliss-reactive ketones (excluding diaryl/α,β-unsaturated/α-hetero) is 1. The molecule has 0 spiro atoms. The van der Waals surface area contributed by atoms with Crippen LogP contribution in [0.1, 0.15) is 21.5 Å². The van der Waals surface area contributed by atoms with Gasteiger partial charge in [0.05, 0.1) is 0 Å². The van der Waals surface area contributed by atoms with Gasteiger partial charge >= 0.3 is 0 Å². The summed E-state index contributed by atoms with van der Waals surface area (Å²) in [4.78, 5) is 12.5. The second-order valence-electron chi connectivity index (χ2n) is 5.38. The van der Waals surface area contributed by atoms with Crippen LogP contribution in [0.2, 0.25) is 0 Å². The molecule has 1 atom stereocenters. The lowest BCUT2D eigenvalue weighted by atomic mass is 9.96. The summed E-state index contributed by atoms with van der Waals surface area (Å²) in [5, 5.41) is 10.8. The Balaban J connectivity index is 1.67. The second kappa shape index (κ2) is 4.48. The first kappa shape index (κ1) is 12.2. The Bertz CT molecular complexity index is 838. The van der Waals surface area contributed by atoms with Gasteiger partial charge in [0.15, 0.2) is 5.78 Å². The molecule has 0 radical (unpaired) electrons. The summed E-state index contributed by atoms with van der Waals surface area (Å²) >= 11 is 0. The predicted molar refractivity (Wildman–Crippen MR) is 75.5 cm³/mol. The second-order valence-corrected chi connectivity index (χ2v) is 5.38. The summed E-state index contributed by atoms with van der Waals surface area (Å²) in [6, 6.07) is 9.97. The molecule has 0 fully saturated rings. The van der Waals surface area contributed by atoms with Crippen LogP contribution in [0.3, 0.4) is 0 Å². The zero-order chi connectivity index (χ0) is 14.4. The van der Waals surface area contributed by atoms with E-state index in [-0.39, 0.29) is 17.5 Å². The van der Waals surface area contributed by atoms with Crippen molar-refractivity contribution in [3.8, 4) is 0 Å². The molecule has 2 aromatic carbocycles. The first-order valence-corrected chi connectivity index (χ1v) is 6.83. The highest BCUT2D eigenvalue weighted by atomic mass is 19.1. The van der Waals surface area contributed by atoms with Crippen LogP contribution in [-0.4, -0.2) is 21.2 Å². The van der Waals surface area contributed by atoms with Crippen LogP contribution in [0.15, 0.2) is 36.4 Å². The van der Waals surface area contributed by atoms with Crippen LogP contribution >= 0.6 is 0 Å². The quantitative estimate of drug-likeness (QED) is 0.785. The van der Waals surface area contributed by atoms with Gasteiger partial charge in [0.1, 0.15) is 16.9 Å². The largest absolute Gasteiger partial charge is 0.294 e. The smallest absolute Gasteiger partial charge is 0.166 e. The minimum atomic E-state index is -0.260. The van der Waals surface area contributed by atoms with Gasteiger partial charge in [-0.2, -0.15) is 15.4 Å². The van der Waals surface area contributed by atoms with E-state index in [1.165, 1.54) is 12.1 Å². The minimum Gasteiger partial charge on any atom is -0.294 e. The predicted octanol–water partition coefficient (Wildman–Crippen LogP) is 2.69. The first-order chi connectivity index (χ1) is 10.2. The number of benzene rings is 2. The molecular weight excluding hydrogens is 269 g/mol. The molecule has 1 heterocycles. The number of aromatic amines is 1. The number of ketones is 1. The third-order valence-corrected chi connectivity index (χ3v) is 4.08. The van der Waals surface area contributed by atoms with Crippen molar-refractivity contribution in [2.45, 2.75) is 12.8 Å².